The molecule has 2 nitrogen and oxygen atoms in total. The number of carboxylic acids is 1. The van der Waals surface area contributed by atoms with E-state index < -0.39 is 5.97 Å². The molecule has 0 amide bonds. The molecule has 0 bridgehead atoms. The lowest BCUT2D eigenvalue weighted by Crippen LogP contribution is -2.12. The topological polar surface area (TPSA) is 37.3 Å². The molecule has 0 radical (unpaired) electrons. The van der Waals surface area contributed by atoms with Crippen LogP contribution in [0.15, 0.2) is 12.2 Å². The Balaban J connectivity index is 3.99. The van der Waals surface area contributed by atoms with Crippen LogP contribution in [0.4, 0.5) is 0 Å². The third-order valence-corrected chi connectivity index (χ3v) is 2.50. The van der Waals surface area contributed by atoms with E-state index in [4.69, 9.17) is 5.11 Å². The van der Waals surface area contributed by atoms with Gasteiger partial charge in [0.25, 0.3) is 0 Å². The first-order valence-electron chi connectivity index (χ1n) is 5.26. The molecule has 2 atom stereocenters. The summed E-state index contributed by atoms with van der Waals surface area (Å²) in [4.78, 5) is 10.6. The van der Waals surface area contributed by atoms with Crippen molar-refractivity contribution in [3.63, 3.8) is 0 Å². The van der Waals surface area contributed by atoms with Crippen molar-refractivity contribution in [3.8, 4) is 0 Å². The first-order chi connectivity index (χ1) is 6.34. The molecule has 0 aliphatic heterocycles. The number of hydrogen-bond acceptors (Lipinski definition) is 1. The van der Waals surface area contributed by atoms with Gasteiger partial charge in [0, 0.05) is 5.57 Å². The molecule has 0 rings (SSSR count). The number of carboxylic acid groups (broad SMARTS) is 1. The SMILES string of the molecule is C=C(C(=O)O)C(C)CC(C)CC(C)C. The summed E-state index contributed by atoms with van der Waals surface area (Å²) in [5.41, 5.74) is 0.334. The predicted octanol–water partition coefficient (Wildman–Crippen LogP) is 3.34. The molecule has 0 aromatic heterocycles. The summed E-state index contributed by atoms with van der Waals surface area (Å²) in [5.74, 6) is 0.465. The van der Waals surface area contributed by atoms with E-state index in [9.17, 15) is 4.79 Å². The zero-order valence-electron chi connectivity index (χ0n) is 9.71. The fraction of sp³-hybridized carbons (Fsp3) is 0.750. The summed E-state index contributed by atoms with van der Waals surface area (Å²) >= 11 is 0. The van der Waals surface area contributed by atoms with E-state index in [0.717, 1.165) is 12.8 Å². The Labute approximate surface area is 87.0 Å². The predicted molar refractivity (Wildman–Crippen MR) is 59.2 cm³/mol. The van der Waals surface area contributed by atoms with Gasteiger partial charge in [-0.2, -0.15) is 0 Å². The Kier molecular flexibility index (Phi) is 5.51. The van der Waals surface area contributed by atoms with Crippen molar-refractivity contribution in [1.82, 2.24) is 0 Å². The highest BCUT2D eigenvalue weighted by Crippen LogP contribution is 2.23. The maximum absolute atomic E-state index is 10.6. The maximum Gasteiger partial charge on any atom is 0.331 e. The van der Waals surface area contributed by atoms with Crippen molar-refractivity contribution < 1.29 is 9.90 Å². The molecule has 0 saturated carbocycles. The molecule has 0 fully saturated rings. The number of hydrogen-bond donors (Lipinski definition) is 1. The van der Waals surface area contributed by atoms with E-state index in [-0.39, 0.29) is 5.92 Å². The number of carbonyl (C=O) groups is 1. The molecular formula is C12H22O2. The minimum Gasteiger partial charge on any atom is -0.478 e. The van der Waals surface area contributed by atoms with Crippen molar-refractivity contribution in [1.29, 1.82) is 0 Å². The average Bonchev–Trinajstić information content (AvgIpc) is 2.00. The Morgan fingerprint density at radius 2 is 1.71 bits per heavy atom. The molecule has 0 spiro atoms. The average molecular weight is 198 g/mol. The van der Waals surface area contributed by atoms with E-state index in [1.165, 1.54) is 0 Å². The van der Waals surface area contributed by atoms with Crippen LogP contribution in [-0.2, 0) is 4.79 Å². The minimum atomic E-state index is -0.866. The fourth-order valence-corrected chi connectivity index (χ4v) is 1.86. The first-order valence-corrected chi connectivity index (χ1v) is 5.26. The second kappa shape index (κ2) is 5.84. The molecule has 82 valence electrons. The van der Waals surface area contributed by atoms with E-state index in [1.807, 2.05) is 6.92 Å². The Bertz CT molecular complexity index is 206. The minimum absolute atomic E-state index is 0.0845. The summed E-state index contributed by atoms with van der Waals surface area (Å²) in [7, 11) is 0. The van der Waals surface area contributed by atoms with Crippen LogP contribution in [0.5, 0.6) is 0 Å². The van der Waals surface area contributed by atoms with Crippen molar-refractivity contribution in [2.75, 3.05) is 0 Å². The molecule has 0 heterocycles. The summed E-state index contributed by atoms with van der Waals surface area (Å²) in [6.45, 7) is 12.1. The smallest absolute Gasteiger partial charge is 0.331 e. The van der Waals surface area contributed by atoms with Crippen LogP contribution in [0.2, 0.25) is 0 Å². The first kappa shape index (κ1) is 13.2. The van der Waals surface area contributed by atoms with Crippen LogP contribution in [0.1, 0.15) is 40.5 Å². The Hall–Kier alpha value is -0.790. The van der Waals surface area contributed by atoms with Crippen molar-refractivity contribution in [3.05, 3.63) is 12.2 Å². The standard InChI is InChI=1S/C12H22O2/c1-8(2)6-9(3)7-10(4)11(5)12(13)14/h8-10H,5-7H2,1-4H3,(H,13,14). The van der Waals surface area contributed by atoms with Gasteiger partial charge in [-0.05, 0) is 30.6 Å². The molecule has 2 unspecified atom stereocenters. The van der Waals surface area contributed by atoms with Crippen molar-refractivity contribution in [2.45, 2.75) is 40.5 Å². The van der Waals surface area contributed by atoms with Gasteiger partial charge in [0.1, 0.15) is 0 Å². The van der Waals surface area contributed by atoms with E-state index in [0.29, 0.717) is 17.4 Å². The lowest BCUT2D eigenvalue weighted by atomic mass is 9.87. The van der Waals surface area contributed by atoms with E-state index in [1.54, 1.807) is 0 Å². The summed E-state index contributed by atoms with van der Waals surface area (Å²) < 4.78 is 0. The molecule has 14 heavy (non-hydrogen) atoms. The zero-order valence-corrected chi connectivity index (χ0v) is 9.71. The molecule has 1 N–H and O–H groups in total. The molecule has 0 aromatic rings. The fourth-order valence-electron chi connectivity index (χ4n) is 1.86. The second-order valence-electron chi connectivity index (χ2n) is 4.70. The normalized spacial score (nSPS) is 15.2. The lowest BCUT2D eigenvalue weighted by Gasteiger charge is -2.18. The monoisotopic (exact) mass is 198 g/mol. The molecular weight excluding hydrogens is 176 g/mol. The third-order valence-electron chi connectivity index (χ3n) is 2.50. The molecule has 0 aliphatic carbocycles. The largest absolute Gasteiger partial charge is 0.478 e. The van der Waals surface area contributed by atoms with Crippen molar-refractivity contribution >= 4 is 5.97 Å². The van der Waals surface area contributed by atoms with Gasteiger partial charge in [0.15, 0.2) is 0 Å². The van der Waals surface area contributed by atoms with Gasteiger partial charge in [0.05, 0.1) is 0 Å². The molecule has 0 saturated heterocycles. The van der Waals surface area contributed by atoms with Crippen LogP contribution in [0.25, 0.3) is 0 Å². The summed E-state index contributed by atoms with van der Waals surface area (Å²) in [5, 5.41) is 8.75. The van der Waals surface area contributed by atoms with Crippen molar-refractivity contribution in [2.24, 2.45) is 17.8 Å². The van der Waals surface area contributed by atoms with Crippen LogP contribution in [0.3, 0.4) is 0 Å². The summed E-state index contributed by atoms with van der Waals surface area (Å²) in [6, 6.07) is 0. The number of rotatable bonds is 6. The third kappa shape index (κ3) is 5.05. The quantitative estimate of drug-likeness (QED) is 0.665. The van der Waals surface area contributed by atoms with Gasteiger partial charge in [-0.1, -0.05) is 34.3 Å². The van der Waals surface area contributed by atoms with Crippen LogP contribution in [-0.4, -0.2) is 11.1 Å². The van der Waals surface area contributed by atoms with Crippen LogP contribution < -0.4 is 0 Å². The second-order valence-corrected chi connectivity index (χ2v) is 4.70. The van der Waals surface area contributed by atoms with Gasteiger partial charge < -0.3 is 5.11 Å². The number of aliphatic carboxylic acids is 1. The molecule has 2 heteroatoms. The van der Waals surface area contributed by atoms with E-state index >= 15 is 0 Å². The van der Waals surface area contributed by atoms with Gasteiger partial charge in [-0.3, -0.25) is 0 Å². The maximum atomic E-state index is 10.6. The molecule has 0 aliphatic rings. The van der Waals surface area contributed by atoms with E-state index in [2.05, 4.69) is 27.4 Å². The van der Waals surface area contributed by atoms with Crippen LogP contribution >= 0.6 is 0 Å². The van der Waals surface area contributed by atoms with Gasteiger partial charge in [-0.15, -0.1) is 0 Å². The highest BCUT2D eigenvalue weighted by molar-refractivity contribution is 5.86. The molecule has 0 aromatic carbocycles. The summed E-state index contributed by atoms with van der Waals surface area (Å²) in [6.07, 6.45) is 2.07. The highest BCUT2D eigenvalue weighted by atomic mass is 16.4. The highest BCUT2D eigenvalue weighted by Gasteiger charge is 2.16. The van der Waals surface area contributed by atoms with Gasteiger partial charge in [-0.25, -0.2) is 4.79 Å². The van der Waals surface area contributed by atoms with Gasteiger partial charge >= 0.3 is 5.97 Å². The van der Waals surface area contributed by atoms with Gasteiger partial charge in [0.2, 0.25) is 0 Å². The zero-order chi connectivity index (χ0) is 11.3. The lowest BCUT2D eigenvalue weighted by molar-refractivity contribution is -0.133. The Morgan fingerprint density at radius 1 is 1.21 bits per heavy atom. The van der Waals surface area contributed by atoms with Crippen LogP contribution in [0, 0.1) is 17.8 Å². The Morgan fingerprint density at radius 3 is 2.07 bits per heavy atom.